The van der Waals surface area contributed by atoms with Crippen LogP contribution < -0.4 is 10.1 Å². The van der Waals surface area contributed by atoms with E-state index >= 15 is 0 Å². The molecule has 2 atom stereocenters. The van der Waals surface area contributed by atoms with E-state index in [0.717, 1.165) is 30.8 Å². The third-order valence-electron chi connectivity index (χ3n) is 5.98. The van der Waals surface area contributed by atoms with E-state index in [-0.39, 0.29) is 12.0 Å². The van der Waals surface area contributed by atoms with Crippen LogP contribution in [0, 0.1) is 0 Å². The molecule has 0 aliphatic heterocycles. The minimum absolute atomic E-state index is 0.166. The number of hydrogen-bond acceptors (Lipinski definition) is 7. The molecule has 2 N–H and O–H groups in total. The predicted octanol–water partition coefficient (Wildman–Crippen LogP) is 3.59. The van der Waals surface area contributed by atoms with Gasteiger partial charge in [0.05, 0.1) is 12.3 Å². The number of amides is 1. The van der Waals surface area contributed by atoms with Crippen LogP contribution >= 0.6 is 11.5 Å². The van der Waals surface area contributed by atoms with Crippen LogP contribution in [0.3, 0.4) is 0 Å². The van der Waals surface area contributed by atoms with Gasteiger partial charge < -0.3 is 14.8 Å². The fourth-order valence-electron chi connectivity index (χ4n) is 4.22. The highest BCUT2D eigenvalue weighted by atomic mass is 32.1. The topological polar surface area (TPSA) is 107 Å². The maximum absolute atomic E-state index is 12.6. The first-order chi connectivity index (χ1) is 15.1. The molecule has 3 aromatic rings. The third-order valence-corrected chi connectivity index (χ3v) is 6.61. The van der Waals surface area contributed by atoms with Crippen molar-refractivity contribution in [1.29, 1.82) is 0 Å². The molecule has 3 heterocycles. The summed E-state index contributed by atoms with van der Waals surface area (Å²) in [4.78, 5) is 12.6. The SMILES string of the molecule is COCc1cc(C(=O)Nc2cc([C@@H]3CC[C@H](Oc4nscc4C4CC4)C3)[nH]n2)n(C)n1. The lowest BCUT2D eigenvalue weighted by Crippen LogP contribution is -2.16. The first kappa shape index (κ1) is 20.2. The minimum atomic E-state index is -0.251. The Kier molecular flexibility index (Phi) is 5.49. The van der Waals surface area contributed by atoms with Crippen molar-refractivity contribution in [2.45, 2.75) is 56.7 Å². The second kappa shape index (κ2) is 8.43. The molecule has 0 bridgehead atoms. The molecule has 2 fully saturated rings. The Hall–Kier alpha value is -2.72. The fourth-order valence-corrected chi connectivity index (χ4v) is 4.93. The molecule has 2 saturated carbocycles. The minimum Gasteiger partial charge on any atom is -0.474 e. The van der Waals surface area contributed by atoms with Gasteiger partial charge in [0.15, 0.2) is 5.82 Å². The van der Waals surface area contributed by atoms with Crippen molar-refractivity contribution in [3.63, 3.8) is 0 Å². The molecule has 164 valence electrons. The van der Waals surface area contributed by atoms with Gasteiger partial charge in [0.1, 0.15) is 11.8 Å². The summed E-state index contributed by atoms with van der Waals surface area (Å²) in [6, 6.07) is 3.63. The van der Waals surface area contributed by atoms with Crippen molar-refractivity contribution in [3.05, 3.63) is 40.2 Å². The Morgan fingerprint density at radius 1 is 1.29 bits per heavy atom. The van der Waals surface area contributed by atoms with Gasteiger partial charge in [-0.2, -0.15) is 14.6 Å². The van der Waals surface area contributed by atoms with Crippen molar-refractivity contribution in [3.8, 4) is 5.88 Å². The van der Waals surface area contributed by atoms with E-state index in [4.69, 9.17) is 9.47 Å². The highest BCUT2D eigenvalue weighted by molar-refractivity contribution is 7.03. The first-order valence-corrected chi connectivity index (χ1v) is 11.4. The summed E-state index contributed by atoms with van der Waals surface area (Å²) in [5.74, 6) is 2.07. The molecule has 1 amide bonds. The van der Waals surface area contributed by atoms with Crippen molar-refractivity contribution in [2.75, 3.05) is 12.4 Å². The second-order valence-corrected chi connectivity index (χ2v) is 8.97. The molecule has 2 aliphatic rings. The van der Waals surface area contributed by atoms with E-state index in [1.807, 2.05) is 6.07 Å². The third kappa shape index (κ3) is 4.35. The summed E-state index contributed by atoms with van der Waals surface area (Å²) in [5, 5.41) is 16.6. The van der Waals surface area contributed by atoms with Gasteiger partial charge in [-0.15, -0.1) is 0 Å². The maximum atomic E-state index is 12.6. The fraction of sp³-hybridized carbons (Fsp3) is 0.524. The van der Waals surface area contributed by atoms with Crippen molar-refractivity contribution in [1.82, 2.24) is 24.4 Å². The number of hydrogen-bond donors (Lipinski definition) is 2. The zero-order valence-electron chi connectivity index (χ0n) is 17.6. The van der Waals surface area contributed by atoms with Crippen LogP contribution in [-0.2, 0) is 18.4 Å². The monoisotopic (exact) mass is 442 g/mol. The summed E-state index contributed by atoms with van der Waals surface area (Å²) in [7, 11) is 3.33. The Bertz CT molecular complexity index is 1070. The standard InChI is InChI=1S/C21H26N6O3S/c1-27-18(8-14(25-27)10-29-2)20(28)22-19-9-17(23-24-19)13-5-6-15(7-13)30-21-16(11-31-26-21)12-3-4-12/h8-9,11-13,15H,3-7,10H2,1-2H3,(H2,22,23,24,28)/t13-,15+/m1/s1. The van der Waals surface area contributed by atoms with Gasteiger partial charge in [-0.1, -0.05) is 0 Å². The number of nitrogens with zero attached hydrogens (tertiary/aromatic N) is 4. The van der Waals surface area contributed by atoms with E-state index in [9.17, 15) is 4.79 Å². The summed E-state index contributed by atoms with van der Waals surface area (Å²) >= 11 is 1.48. The zero-order chi connectivity index (χ0) is 21.4. The lowest BCUT2D eigenvalue weighted by Gasteiger charge is -2.13. The molecule has 31 heavy (non-hydrogen) atoms. The van der Waals surface area contributed by atoms with E-state index in [0.29, 0.717) is 35.6 Å². The number of ether oxygens (including phenoxy) is 2. The molecular weight excluding hydrogens is 416 g/mol. The van der Waals surface area contributed by atoms with E-state index in [2.05, 4.69) is 30.4 Å². The van der Waals surface area contributed by atoms with Gasteiger partial charge in [-0.25, -0.2) is 0 Å². The molecule has 0 aromatic carbocycles. The number of methoxy groups -OCH3 is 1. The van der Waals surface area contributed by atoms with Gasteiger partial charge in [0, 0.05) is 42.8 Å². The number of aromatic nitrogens is 5. The number of rotatable bonds is 8. The van der Waals surface area contributed by atoms with Gasteiger partial charge >= 0.3 is 0 Å². The van der Waals surface area contributed by atoms with E-state index < -0.39 is 0 Å². The highest BCUT2D eigenvalue weighted by Gasteiger charge is 2.33. The number of anilines is 1. The molecule has 3 aromatic heterocycles. The average molecular weight is 443 g/mol. The highest BCUT2D eigenvalue weighted by Crippen LogP contribution is 2.46. The summed E-state index contributed by atoms with van der Waals surface area (Å²) in [6.07, 6.45) is 5.59. The van der Waals surface area contributed by atoms with Crippen LogP contribution in [0.2, 0.25) is 0 Å². The normalized spacial score (nSPS) is 20.8. The predicted molar refractivity (Wildman–Crippen MR) is 116 cm³/mol. The Morgan fingerprint density at radius 3 is 2.94 bits per heavy atom. The summed E-state index contributed by atoms with van der Waals surface area (Å²) in [6.45, 7) is 0.363. The molecule has 10 heteroatoms. The Morgan fingerprint density at radius 2 is 2.13 bits per heavy atom. The van der Waals surface area contributed by atoms with Gasteiger partial charge in [0.25, 0.3) is 5.91 Å². The molecule has 0 radical (unpaired) electrons. The molecule has 2 aliphatic carbocycles. The molecule has 0 saturated heterocycles. The quantitative estimate of drug-likeness (QED) is 0.552. The molecule has 5 rings (SSSR count). The van der Waals surface area contributed by atoms with Crippen LogP contribution in [0.25, 0.3) is 0 Å². The van der Waals surface area contributed by atoms with E-state index in [1.54, 1.807) is 24.9 Å². The van der Waals surface area contributed by atoms with Crippen LogP contribution in [-0.4, -0.2) is 43.5 Å². The van der Waals surface area contributed by atoms with Gasteiger partial charge in [0.2, 0.25) is 5.88 Å². The zero-order valence-corrected chi connectivity index (χ0v) is 18.4. The number of nitrogens with one attached hydrogen (secondary N) is 2. The summed E-state index contributed by atoms with van der Waals surface area (Å²) < 4.78 is 17.3. The number of H-pyrrole nitrogens is 1. The Labute approximate surface area is 184 Å². The molecule has 9 nitrogen and oxygen atoms in total. The largest absolute Gasteiger partial charge is 0.474 e. The van der Waals surface area contributed by atoms with Crippen LogP contribution in [0.5, 0.6) is 5.88 Å². The molecule has 0 unspecified atom stereocenters. The average Bonchev–Trinajstić information content (AvgIpc) is 3.13. The van der Waals surface area contributed by atoms with Crippen LogP contribution in [0.4, 0.5) is 5.82 Å². The van der Waals surface area contributed by atoms with Crippen molar-refractivity contribution < 1.29 is 14.3 Å². The molecule has 0 spiro atoms. The Balaban J connectivity index is 1.19. The molecular formula is C21H26N6O3S. The lowest BCUT2D eigenvalue weighted by molar-refractivity contribution is 0.101. The first-order valence-electron chi connectivity index (χ1n) is 10.6. The number of carbonyl (C=O) groups excluding carboxylic acids is 1. The van der Waals surface area contributed by atoms with Crippen LogP contribution in [0.15, 0.2) is 17.5 Å². The second-order valence-electron chi connectivity index (χ2n) is 8.34. The van der Waals surface area contributed by atoms with Crippen molar-refractivity contribution in [2.24, 2.45) is 7.05 Å². The smallest absolute Gasteiger partial charge is 0.275 e. The van der Waals surface area contributed by atoms with Crippen molar-refractivity contribution >= 4 is 23.3 Å². The van der Waals surface area contributed by atoms with Crippen LogP contribution in [0.1, 0.15) is 71.4 Å². The van der Waals surface area contributed by atoms with Gasteiger partial charge in [-0.05, 0) is 55.6 Å². The maximum Gasteiger partial charge on any atom is 0.275 e. The van der Waals surface area contributed by atoms with Gasteiger partial charge in [-0.3, -0.25) is 14.6 Å². The number of carbonyl (C=O) groups is 1. The number of aromatic amines is 1. The lowest BCUT2D eigenvalue weighted by atomic mass is 10.0. The summed E-state index contributed by atoms with van der Waals surface area (Å²) in [5.41, 5.74) is 3.47. The number of aryl methyl sites for hydroxylation is 1. The van der Waals surface area contributed by atoms with E-state index in [1.165, 1.54) is 29.9 Å².